The van der Waals surface area contributed by atoms with Crippen LogP contribution in [0.4, 0.5) is 5.69 Å². The minimum absolute atomic E-state index is 0.0986. The van der Waals surface area contributed by atoms with Crippen LogP contribution in [0.2, 0.25) is 0 Å². The standard InChI is InChI=1S/C15H20N4O3S2/c1-3-10(2)19-24(21,22)12-6-4-5-11(7-12)17-15(20)13-9-23-14(8-16)18-13/h4-7,9-10,19H,3,8,16H2,1-2H3,(H,17,20). The highest BCUT2D eigenvalue weighted by Gasteiger charge is 2.17. The Balaban J connectivity index is 2.16. The molecule has 0 saturated carbocycles. The SMILES string of the molecule is CCC(C)NS(=O)(=O)c1cccc(NC(=O)c2csc(CN)n2)c1. The van der Waals surface area contributed by atoms with Gasteiger partial charge in [0.2, 0.25) is 10.0 Å². The number of anilines is 1. The fraction of sp³-hybridized carbons (Fsp3) is 0.333. The molecule has 130 valence electrons. The topological polar surface area (TPSA) is 114 Å². The van der Waals surface area contributed by atoms with Crippen molar-refractivity contribution in [2.45, 2.75) is 37.8 Å². The van der Waals surface area contributed by atoms with Crippen LogP contribution in [0.15, 0.2) is 34.5 Å². The molecule has 9 heteroatoms. The molecule has 1 unspecified atom stereocenters. The van der Waals surface area contributed by atoms with E-state index in [1.807, 2.05) is 6.92 Å². The van der Waals surface area contributed by atoms with Gasteiger partial charge in [-0.2, -0.15) is 0 Å². The highest BCUT2D eigenvalue weighted by molar-refractivity contribution is 7.89. The van der Waals surface area contributed by atoms with E-state index in [-0.39, 0.29) is 23.2 Å². The van der Waals surface area contributed by atoms with Crippen LogP contribution < -0.4 is 15.8 Å². The molecule has 0 aliphatic rings. The smallest absolute Gasteiger partial charge is 0.275 e. The Morgan fingerprint density at radius 1 is 1.42 bits per heavy atom. The summed E-state index contributed by atoms with van der Waals surface area (Å²) in [6.07, 6.45) is 0.683. The summed E-state index contributed by atoms with van der Waals surface area (Å²) < 4.78 is 27.2. The third-order valence-corrected chi connectivity index (χ3v) is 5.79. The van der Waals surface area contributed by atoms with Gasteiger partial charge in [-0.3, -0.25) is 4.79 Å². The van der Waals surface area contributed by atoms with Crippen molar-refractivity contribution in [3.63, 3.8) is 0 Å². The molecule has 1 amide bonds. The molecule has 0 aliphatic carbocycles. The number of sulfonamides is 1. The Hall–Kier alpha value is -1.81. The first kappa shape index (κ1) is 18.5. The summed E-state index contributed by atoms with van der Waals surface area (Å²) in [6.45, 7) is 3.96. The van der Waals surface area contributed by atoms with Gasteiger partial charge >= 0.3 is 0 Å². The monoisotopic (exact) mass is 368 g/mol. The third-order valence-electron chi connectivity index (χ3n) is 3.33. The highest BCUT2D eigenvalue weighted by atomic mass is 32.2. The summed E-state index contributed by atoms with van der Waals surface area (Å²) in [6, 6.07) is 5.93. The number of hydrogen-bond acceptors (Lipinski definition) is 6. The number of thiazole rings is 1. The summed E-state index contributed by atoms with van der Waals surface area (Å²) in [5.74, 6) is -0.407. The Labute approximate surface area is 145 Å². The minimum atomic E-state index is -3.63. The van der Waals surface area contributed by atoms with Gasteiger partial charge in [-0.15, -0.1) is 11.3 Å². The molecule has 1 heterocycles. The molecule has 1 aromatic heterocycles. The van der Waals surface area contributed by atoms with Crippen LogP contribution in [0, 0.1) is 0 Å². The third kappa shape index (κ3) is 4.60. The molecule has 7 nitrogen and oxygen atoms in total. The molecule has 0 saturated heterocycles. The van der Waals surface area contributed by atoms with Gasteiger partial charge in [0.15, 0.2) is 0 Å². The van der Waals surface area contributed by atoms with Crippen molar-refractivity contribution < 1.29 is 13.2 Å². The first-order valence-corrected chi connectivity index (χ1v) is 9.80. The average molecular weight is 368 g/mol. The number of amides is 1. The molecule has 2 rings (SSSR count). The highest BCUT2D eigenvalue weighted by Crippen LogP contribution is 2.17. The van der Waals surface area contributed by atoms with Crippen molar-refractivity contribution in [3.05, 3.63) is 40.3 Å². The molecule has 1 atom stereocenters. The second kappa shape index (κ2) is 7.84. The van der Waals surface area contributed by atoms with Crippen molar-refractivity contribution in [1.82, 2.24) is 9.71 Å². The molecule has 0 spiro atoms. The fourth-order valence-electron chi connectivity index (χ4n) is 1.86. The zero-order valence-electron chi connectivity index (χ0n) is 13.4. The van der Waals surface area contributed by atoms with Crippen molar-refractivity contribution in [2.75, 3.05) is 5.32 Å². The minimum Gasteiger partial charge on any atom is -0.325 e. The number of benzene rings is 1. The number of aromatic nitrogens is 1. The number of hydrogen-bond donors (Lipinski definition) is 3. The van der Waals surface area contributed by atoms with Crippen molar-refractivity contribution in [1.29, 1.82) is 0 Å². The normalized spacial score (nSPS) is 12.8. The molecule has 4 N–H and O–H groups in total. The zero-order chi connectivity index (χ0) is 17.7. The van der Waals surface area contributed by atoms with Gasteiger partial charge < -0.3 is 11.1 Å². The lowest BCUT2D eigenvalue weighted by Gasteiger charge is -2.13. The molecular weight excluding hydrogens is 348 g/mol. The van der Waals surface area contributed by atoms with Crippen LogP contribution in [0.3, 0.4) is 0 Å². The number of carbonyl (C=O) groups is 1. The van der Waals surface area contributed by atoms with E-state index in [2.05, 4.69) is 15.0 Å². The summed E-state index contributed by atoms with van der Waals surface area (Å²) in [5.41, 5.74) is 6.12. The Bertz CT molecular complexity index is 818. The summed E-state index contributed by atoms with van der Waals surface area (Å²) >= 11 is 1.30. The molecule has 0 radical (unpaired) electrons. The van der Waals surface area contributed by atoms with E-state index in [0.717, 1.165) is 0 Å². The number of nitrogens with one attached hydrogen (secondary N) is 2. The predicted octanol–water partition coefficient (Wildman–Crippen LogP) is 1.93. The quantitative estimate of drug-likeness (QED) is 0.691. The lowest BCUT2D eigenvalue weighted by molar-refractivity contribution is 0.102. The largest absolute Gasteiger partial charge is 0.325 e. The molecule has 0 aliphatic heterocycles. The zero-order valence-corrected chi connectivity index (χ0v) is 15.1. The molecule has 1 aromatic carbocycles. The van der Waals surface area contributed by atoms with E-state index in [1.54, 1.807) is 24.4 Å². The first-order valence-electron chi connectivity index (χ1n) is 7.44. The molecule has 2 aromatic rings. The Kier molecular flexibility index (Phi) is 6.05. The molecule has 0 fully saturated rings. The number of carbonyl (C=O) groups excluding carboxylic acids is 1. The van der Waals surface area contributed by atoms with Crippen LogP contribution in [-0.2, 0) is 16.6 Å². The van der Waals surface area contributed by atoms with Gasteiger partial charge in [0.1, 0.15) is 10.7 Å². The van der Waals surface area contributed by atoms with Gasteiger partial charge in [0.25, 0.3) is 5.91 Å². The Morgan fingerprint density at radius 3 is 2.79 bits per heavy atom. The molecular formula is C15H20N4O3S2. The van der Waals surface area contributed by atoms with E-state index in [9.17, 15) is 13.2 Å². The predicted molar refractivity (Wildman–Crippen MR) is 94.5 cm³/mol. The van der Waals surface area contributed by atoms with Crippen molar-refractivity contribution in [2.24, 2.45) is 5.73 Å². The van der Waals surface area contributed by atoms with Crippen LogP contribution in [-0.4, -0.2) is 25.4 Å². The molecule has 24 heavy (non-hydrogen) atoms. The van der Waals surface area contributed by atoms with Crippen LogP contribution in [0.5, 0.6) is 0 Å². The van der Waals surface area contributed by atoms with Crippen molar-refractivity contribution >= 4 is 33.0 Å². The van der Waals surface area contributed by atoms with Gasteiger partial charge in [-0.1, -0.05) is 13.0 Å². The van der Waals surface area contributed by atoms with E-state index in [1.165, 1.54) is 23.5 Å². The Morgan fingerprint density at radius 2 is 2.17 bits per heavy atom. The lowest BCUT2D eigenvalue weighted by Crippen LogP contribution is -2.32. The van der Waals surface area contributed by atoms with Gasteiger partial charge in [-0.25, -0.2) is 18.1 Å². The van der Waals surface area contributed by atoms with Crippen molar-refractivity contribution in [3.8, 4) is 0 Å². The summed E-state index contributed by atoms with van der Waals surface area (Å²) in [7, 11) is -3.63. The average Bonchev–Trinajstić information content (AvgIpc) is 3.04. The second-order valence-electron chi connectivity index (χ2n) is 5.24. The fourth-order valence-corrected chi connectivity index (χ4v) is 3.89. The number of rotatable bonds is 7. The number of nitrogens with zero attached hydrogens (tertiary/aromatic N) is 1. The maximum atomic E-state index is 12.3. The molecule has 0 bridgehead atoms. The van der Waals surface area contributed by atoms with Gasteiger partial charge in [-0.05, 0) is 31.5 Å². The van der Waals surface area contributed by atoms with E-state index < -0.39 is 15.9 Å². The maximum absolute atomic E-state index is 12.3. The maximum Gasteiger partial charge on any atom is 0.275 e. The lowest BCUT2D eigenvalue weighted by atomic mass is 10.3. The second-order valence-corrected chi connectivity index (χ2v) is 7.90. The van der Waals surface area contributed by atoms with Crippen LogP contribution in [0.1, 0.15) is 35.8 Å². The van der Waals surface area contributed by atoms with Gasteiger partial charge in [0.05, 0.1) is 4.90 Å². The summed E-state index contributed by atoms with van der Waals surface area (Å²) in [4.78, 5) is 16.4. The van der Waals surface area contributed by atoms with Gasteiger partial charge in [0, 0.05) is 23.7 Å². The number of nitrogens with two attached hydrogens (primary N) is 1. The van der Waals surface area contributed by atoms with E-state index >= 15 is 0 Å². The van der Waals surface area contributed by atoms with E-state index in [0.29, 0.717) is 17.1 Å². The first-order chi connectivity index (χ1) is 11.4. The van der Waals surface area contributed by atoms with E-state index in [4.69, 9.17) is 5.73 Å². The summed E-state index contributed by atoms with van der Waals surface area (Å²) in [5, 5.41) is 4.92. The van der Waals surface area contributed by atoms with Crippen LogP contribution in [0.25, 0.3) is 0 Å². The van der Waals surface area contributed by atoms with Crippen LogP contribution >= 0.6 is 11.3 Å².